The van der Waals surface area contributed by atoms with Crippen LogP contribution in [-0.4, -0.2) is 64.2 Å². The lowest BCUT2D eigenvalue weighted by atomic mass is 10.2. The number of amides is 2. The maximum atomic E-state index is 12.0. The van der Waals surface area contributed by atoms with Crippen molar-refractivity contribution in [2.24, 2.45) is 0 Å². The predicted molar refractivity (Wildman–Crippen MR) is 91.6 cm³/mol. The third-order valence-corrected chi connectivity index (χ3v) is 4.08. The normalized spacial score (nSPS) is 13.5. The molecule has 1 saturated heterocycles. The number of methoxy groups -OCH3 is 2. The largest absolute Gasteiger partial charge is 0.493 e. The Morgan fingerprint density at radius 3 is 2.46 bits per heavy atom. The molecule has 0 bridgehead atoms. The fraction of sp³-hybridized carbons (Fsp3) is 0.529. The van der Waals surface area contributed by atoms with Crippen molar-refractivity contribution in [2.45, 2.75) is 12.8 Å². The molecule has 1 N–H and O–H groups in total. The van der Waals surface area contributed by atoms with Gasteiger partial charge < -0.3 is 24.6 Å². The molecule has 1 fully saturated rings. The number of nitrogens with one attached hydrogen (secondary N) is 1. The van der Waals surface area contributed by atoms with Crippen LogP contribution in [0.5, 0.6) is 11.5 Å². The SMILES string of the molecule is COc1ccc(N(C)CC(=O)NCC(=O)N2CCCC2)cc1OC. The van der Waals surface area contributed by atoms with Crippen LogP contribution in [0.25, 0.3) is 0 Å². The van der Waals surface area contributed by atoms with Crippen LogP contribution in [0.15, 0.2) is 18.2 Å². The summed E-state index contributed by atoms with van der Waals surface area (Å²) >= 11 is 0. The second kappa shape index (κ2) is 8.42. The number of hydrogen-bond acceptors (Lipinski definition) is 5. The van der Waals surface area contributed by atoms with E-state index in [2.05, 4.69) is 5.32 Å². The molecule has 0 aromatic heterocycles. The lowest BCUT2D eigenvalue weighted by molar-refractivity contribution is -0.131. The average molecular weight is 335 g/mol. The zero-order valence-corrected chi connectivity index (χ0v) is 14.5. The Balaban J connectivity index is 1.85. The van der Waals surface area contributed by atoms with Crippen LogP contribution in [-0.2, 0) is 9.59 Å². The van der Waals surface area contributed by atoms with E-state index in [-0.39, 0.29) is 24.9 Å². The molecule has 2 rings (SSSR count). The Bertz CT molecular complexity index is 585. The van der Waals surface area contributed by atoms with Crippen LogP contribution in [0.1, 0.15) is 12.8 Å². The molecule has 0 saturated carbocycles. The van der Waals surface area contributed by atoms with Crippen molar-refractivity contribution in [2.75, 3.05) is 52.3 Å². The maximum absolute atomic E-state index is 12.0. The number of likely N-dealkylation sites (tertiary alicyclic amines) is 1. The van der Waals surface area contributed by atoms with Gasteiger partial charge in [-0.05, 0) is 25.0 Å². The number of benzene rings is 1. The molecular formula is C17H25N3O4. The first-order chi connectivity index (χ1) is 11.5. The minimum atomic E-state index is -0.195. The Morgan fingerprint density at radius 2 is 1.83 bits per heavy atom. The van der Waals surface area contributed by atoms with Crippen LogP contribution in [0.3, 0.4) is 0 Å². The topological polar surface area (TPSA) is 71.1 Å². The predicted octanol–water partition coefficient (Wildman–Crippen LogP) is 0.879. The van der Waals surface area contributed by atoms with Gasteiger partial charge >= 0.3 is 0 Å². The Morgan fingerprint density at radius 1 is 1.17 bits per heavy atom. The van der Waals surface area contributed by atoms with E-state index >= 15 is 0 Å². The molecule has 2 amide bonds. The molecule has 1 aromatic rings. The lowest BCUT2D eigenvalue weighted by Gasteiger charge is -2.21. The van der Waals surface area contributed by atoms with Gasteiger partial charge in [-0.1, -0.05) is 0 Å². The first-order valence-corrected chi connectivity index (χ1v) is 8.02. The van der Waals surface area contributed by atoms with Crippen LogP contribution < -0.4 is 19.7 Å². The average Bonchev–Trinajstić information content (AvgIpc) is 3.13. The molecule has 7 nitrogen and oxygen atoms in total. The standard InChI is InChI=1S/C17H25N3O4/c1-19(13-6-7-14(23-2)15(10-13)24-3)12-16(21)18-11-17(22)20-8-4-5-9-20/h6-7,10H,4-5,8-9,11-12H2,1-3H3,(H,18,21). The minimum absolute atomic E-state index is 0.0189. The molecule has 0 aliphatic carbocycles. The summed E-state index contributed by atoms with van der Waals surface area (Å²) in [5, 5.41) is 2.68. The van der Waals surface area contributed by atoms with Gasteiger partial charge in [0.15, 0.2) is 11.5 Å². The Kier molecular flexibility index (Phi) is 6.28. The van der Waals surface area contributed by atoms with E-state index in [9.17, 15) is 9.59 Å². The van der Waals surface area contributed by atoms with E-state index in [0.29, 0.717) is 11.5 Å². The van der Waals surface area contributed by atoms with Crippen LogP contribution in [0.4, 0.5) is 5.69 Å². The molecular weight excluding hydrogens is 310 g/mol. The van der Waals surface area contributed by atoms with Gasteiger partial charge in [0.05, 0.1) is 27.3 Å². The number of nitrogens with zero attached hydrogens (tertiary/aromatic N) is 2. The van der Waals surface area contributed by atoms with Gasteiger partial charge in [-0.25, -0.2) is 0 Å². The number of anilines is 1. The summed E-state index contributed by atoms with van der Waals surface area (Å²) in [6.45, 7) is 1.79. The van der Waals surface area contributed by atoms with E-state index in [1.54, 1.807) is 30.1 Å². The molecule has 0 unspecified atom stereocenters. The molecule has 0 atom stereocenters. The zero-order valence-electron chi connectivity index (χ0n) is 14.5. The van der Waals surface area contributed by atoms with Crippen molar-refractivity contribution in [3.63, 3.8) is 0 Å². The number of ether oxygens (including phenoxy) is 2. The molecule has 1 aliphatic rings. The van der Waals surface area contributed by atoms with Gasteiger partial charge in [0, 0.05) is 31.9 Å². The summed E-state index contributed by atoms with van der Waals surface area (Å²) in [6, 6.07) is 5.45. The minimum Gasteiger partial charge on any atom is -0.493 e. The number of rotatable bonds is 7. The second-order valence-electron chi connectivity index (χ2n) is 5.76. The van der Waals surface area contributed by atoms with Crippen LogP contribution in [0.2, 0.25) is 0 Å². The molecule has 1 aromatic carbocycles. The van der Waals surface area contributed by atoms with Crippen LogP contribution in [0, 0.1) is 0 Å². The van der Waals surface area contributed by atoms with Crippen molar-refractivity contribution in [3.05, 3.63) is 18.2 Å². The monoisotopic (exact) mass is 335 g/mol. The highest BCUT2D eigenvalue weighted by Gasteiger charge is 2.18. The summed E-state index contributed by atoms with van der Waals surface area (Å²) in [6.07, 6.45) is 2.09. The third-order valence-electron chi connectivity index (χ3n) is 4.08. The summed E-state index contributed by atoms with van der Waals surface area (Å²) in [5.41, 5.74) is 0.827. The smallest absolute Gasteiger partial charge is 0.241 e. The number of hydrogen-bond donors (Lipinski definition) is 1. The van der Waals surface area contributed by atoms with E-state index < -0.39 is 0 Å². The zero-order chi connectivity index (χ0) is 17.5. The molecule has 1 aliphatic heterocycles. The summed E-state index contributed by atoms with van der Waals surface area (Å²) in [5.74, 6) is 1.02. The van der Waals surface area contributed by atoms with Crippen molar-refractivity contribution >= 4 is 17.5 Å². The molecule has 1 heterocycles. The second-order valence-corrected chi connectivity index (χ2v) is 5.76. The molecule has 24 heavy (non-hydrogen) atoms. The fourth-order valence-electron chi connectivity index (χ4n) is 2.68. The first-order valence-electron chi connectivity index (χ1n) is 8.02. The quantitative estimate of drug-likeness (QED) is 0.801. The first kappa shape index (κ1) is 17.9. The van der Waals surface area contributed by atoms with E-state index in [4.69, 9.17) is 9.47 Å². The van der Waals surface area contributed by atoms with E-state index in [0.717, 1.165) is 31.6 Å². The molecule has 0 spiro atoms. The van der Waals surface area contributed by atoms with E-state index in [1.807, 2.05) is 19.2 Å². The van der Waals surface area contributed by atoms with Gasteiger partial charge in [-0.15, -0.1) is 0 Å². The van der Waals surface area contributed by atoms with Gasteiger partial charge in [-0.2, -0.15) is 0 Å². The maximum Gasteiger partial charge on any atom is 0.241 e. The Hall–Kier alpha value is -2.44. The Labute approximate surface area is 142 Å². The highest BCUT2D eigenvalue weighted by Crippen LogP contribution is 2.30. The van der Waals surface area contributed by atoms with Crippen molar-refractivity contribution < 1.29 is 19.1 Å². The van der Waals surface area contributed by atoms with Crippen LogP contribution >= 0.6 is 0 Å². The lowest BCUT2D eigenvalue weighted by Crippen LogP contribution is -2.42. The summed E-state index contributed by atoms with van der Waals surface area (Å²) in [4.78, 5) is 27.6. The number of likely N-dealkylation sites (N-methyl/N-ethyl adjacent to an activating group) is 1. The highest BCUT2D eigenvalue weighted by molar-refractivity contribution is 5.87. The molecule has 132 valence electrons. The van der Waals surface area contributed by atoms with Gasteiger partial charge in [-0.3, -0.25) is 9.59 Å². The van der Waals surface area contributed by atoms with Gasteiger partial charge in [0.25, 0.3) is 0 Å². The molecule has 0 radical (unpaired) electrons. The van der Waals surface area contributed by atoms with Gasteiger partial charge in [0.1, 0.15) is 0 Å². The fourth-order valence-corrected chi connectivity index (χ4v) is 2.68. The highest BCUT2D eigenvalue weighted by atomic mass is 16.5. The third kappa shape index (κ3) is 4.53. The van der Waals surface area contributed by atoms with Crippen molar-refractivity contribution in [3.8, 4) is 11.5 Å². The number of carbonyl (C=O) groups excluding carboxylic acids is 2. The number of carbonyl (C=O) groups is 2. The van der Waals surface area contributed by atoms with E-state index in [1.165, 1.54) is 0 Å². The van der Waals surface area contributed by atoms with Crippen molar-refractivity contribution in [1.82, 2.24) is 10.2 Å². The molecule has 7 heteroatoms. The van der Waals surface area contributed by atoms with Crippen molar-refractivity contribution in [1.29, 1.82) is 0 Å². The summed E-state index contributed by atoms with van der Waals surface area (Å²) < 4.78 is 10.5. The summed E-state index contributed by atoms with van der Waals surface area (Å²) in [7, 11) is 4.95. The van der Waals surface area contributed by atoms with Gasteiger partial charge in [0.2, 0.25) is 11.8 Å².